The van der Waals surface area contributed by atoms with E-state index < -0.39 is 5.97 Å². The third-order valence-electron chi connectivity index (χ3n) is 3.78. The molecule has 0 aliphatic rings. The zero-order valence-electron chi connectivity index (χ0n) is 14.0. The van der Waals surface area contributed by atoms with Gasteiger partial charge in [-0.15, -0.1) is 0 Å². The molecule has 0 fully saturated rings. The maximum Gasteiger partial charge on any atom is 0.354 e. The predicted molar refractivity (Wildman–Crippen MR) is 100 cm³/mol. The molecule has 8 nitrogen and oxygen atoms in total. The fourth-order valence-electron chi connectivity index (χ4n) is 2.47. The molecule has 0 spiro atoms. The van der Waals surface area contributed by atoms with Gasteiger partial charge in [-0.3, -0.25) is 14.2 Å². The van der Waals surface area contributed by atoms with Gasteiger partial charge in [0.2, 0.25) is 5.91 Å². The highest BCUT2D eigenvalue weighted by atomic mass is 35.5. The summed E-state index contributed by atoms with van der Waals surface area (Å²) in [6.45, 7) is 0.514. The molecule has 0 radical (unpaired) electrons. The first-order chi connectivity index (χ1) is 12.9. The van der Waals surface area contributed by atoms with Gasteiger partial charge in [-0.1, -0.05) is 29.3 Å². The summed E-state index contributed by atoms with van der Waals surface area (Å²) >= 11 is 12.3. The van der Waals surface area contributed by atoms with E-state index in [1.807, 2.05) is 0 Å². The average molecular weight is 408 g/mol. The lowest BCUT2D eigenvalue weighted by Gasteiger charge is -2.07. The largest absolute Gasteiger partial charge is 0.477 e. The van der Waals surface area contributed by atoms with Crippen LogP contribution in [0.3, 0.4) is 0 Å². The second kappa shape index (κ2) is 8.24. The number of carbonyl (C=O) groups excluding carboxylic acids is 1. The third kappa shape index (κ3) is 4.66. The molecule has 3 aromatic rings. The topological polar surface area (TPSA) is 102 Å². The molecule has 2 heterocycles. The number of aromatic nitrogens is 4. The van der Waals surface area contributed by atoms with Crippen LogP contribution in [0.2, 0.25) is 10.0 Å². The number of carboxylic acid groups (broad SMARTS) is 1. The molecule has 0 aliphatic carbocycles. The first-order valence-electron chi connectivity index (χ1n) is 7.95. The molecule has 0 saturated carbocycles. The smallest absolute Gasteiger partial charge is 0.354 e. The SMILES string of the molecule is O=C(CCn1nccc1C(=O)O)Nc1ccn(Cc2c(Cl)cccc2Cl)n1. The molecule has 1 amide bonds. The zero-order valence-corrected chi connectivity index (χ0v) is 15.5. The molecule has 0 aliphatic heterocycles. The van der Waals surface area contributed by atoms with Crippen LogP contribution in [-0.2, 0) is 17.9 Å². The minimum atomic E-state index is -1.09. The number of nitrogens with zero attached hydrogens (tertiary/aromatic N) is 4. The van der Waals surface area contributed by atoms with E-state index in [9.17, 15) is 9.59 Å². The Balaban J connectivity index is 1.58. The molecule has 27 heavy (non-hydrogen) atoms. The van der Waals surface area contributed by atoms with Gasteiger partial charge in [-0.25, -0.2) is 4.79 Å². The monoisotopic (exact) mass is 407 g/mol. The van der Waals surface area contributed by atoms with Gasteiger partial charge in [0, 0.05) is 40.5 Å². The van der Waals surface area contributed by atoms with Crippen LogP contribution in [0.1, 0.15) is 22.5 Å². The summed E-state index contributed by atoms with van der Waals surface area (Å²) in [4.78, 5) is 23.1. The van der Waals surface area contributed by atoms with Crippen molar-refractivity contribution in [2.75, 3.05) is 5.32 Å². The number of rotatable bonds is 7. The molecule has 0 saturated heterocycles. The molecule has 1 aromatic carbocycles. The molecule has 10 heteroatoms. The quantitative estimate of drug-likeness (QED) is 0.625. The van der Waals surface area contributed by atoms with Crippen LogP contribution < -0.4 is 5.32 Å². The number of carboxylic acids is 1. The van der Waals surface area contributed by atoms with Crippen LogP contribution in [0.5, 0.6) is 0 Å². The van der Waals surface area contributed by atoms with Crippen LogP contribution in [0.15, 0.2) is 42.7 Å². The van der Waals surface area contributed by atoms with E-state index in [0.29, 0.717) is 22.4 Å². The van der Waals surface area contributed by atoms with Crippen LogP contribution in [-0.4, -0.2) is 36.5 Å². The van der Waals surface area contributed by atoms with Gasteiger partial charge in [-0.05, 0) is 18.2 Å². The number of benzene rings is 1. The van der Waals surface area contributed by atoms with E-state index in [1.165, 1.54) is 16.9 Å². The highest BCUT2D eigenvalue weighted by Crippen LogP contribution is 2.25. The van der Waals surface area contributed by atoms with Crippen molar-refractivity contribution in [2.45, 2.75) is 19.5 Å². The molecular weight excluding hydrogens is 393 g/mol. The van der Waals surface area contributed by atoms with Crippen molar-refractivity contribution >= 4 is 40.9 Å². The van der Waals surface area contributed by atoms with E-state index in [4.69, 9.17) is 28.3 Å². The van der Waals surface area contributed by atoms with Gasteiger partial charge in [0.1, 0.15) is 5.69 Å². The number of nitrogens with one attached hydrogen (secondary N) is 1. The Kier molecular flexibility index (Phi) is 5.78. The summed E-state index contributed by atoms with van der Waals surface area (Å²) in [6, 6.07) is 8.28. The minimum Gasteiger partial charge on any atom is -0.477 e. The molecule has 2 N–H and O–H groups in total. The van der Waals surface area contributed by atoms with Crippen molar-refractivity contribution in [1.29, 1.82) is 0 Å². The van der Waals surface area contributed by atoms with E-state index in [-0.39, 0.29) is 24.6 Å². The highest BCUT2D eigenvalue weighted by Gasteiger charge is 2.12. The Hall–Kier alpha value is -2.84. The van der Waals surface area contributed by atoms with E-state index >= 15 is 0 Å². The van der Waals surface area contributed by atoms with Crippen LogP contribution in [0.4, 0.5) is 5.82 Å². The fourth-order valence-corrected chi connectivity index (χ4v) is 2.98. The number of anilines is 1. The number of amides is 1. The van der Waals surface area contributed by atoms with Crippen molar-refractivity contribution in [1.82, 2.24) is 19.6 Å². The zero-order chi connectivity index (χ0) is 19.4. The maximum atomic E-state index is 12.1. The number of hydrogen-bond donors (Lipinski definition) is 2. The summed E-state index contributed by atoms with van der Waals surface area (Å²) in [6.07, 6.45) is 3.14. The third-order valence-corrected chi connectivity index (χ3v) is 4.48. The van der Waals surface area contributed by atoms with Crippen LogP contribution in [0.25, 0.3) is 0 Å². The van der Waals surface area contributed by atoms with E-state index in [0.717, 1.165) is 5.56 Å². The van der Waals surface area contributed by atoms with Crippen LogP contribution in [0, 0.1) is 0 Å². The number of aromatic carboxylic acids is 1. The average Bonchev–Trinajstić information content (AvgIpc) is 3.25. The first-order valence-corrected chi connectivity index (χ1v) is 8.71. The Morgan fingerprint density at radius 1 is 1.15 bits per heavy atom. The van der Waals surface area contributed by atoms with Gasteiger partial charge < -0.3 is 10.4 Å². The van der Waals surface area contributed by atoms with Gasteiger partial charge in [-0.2, -0.15) is 10.2 Å². The van der Waals surface area contributed by atoms with Gasteiger partial charge in [0.05, 0.1) is 13.1 Å². The summed E-state index contributed by atoms with van der Waals surface area (Å²) in [5.41, 5.74) is 0.769. The second-order valence-electron chi connectivity index (χ2n) is 5.64. The van der Waals surface area contributed by atoms with Crippen molar-refractivity contribution in [3.8, 4) is 0 Å². The first kappa shape index (κ1) is 18.9. The van der Waals surface area contributed by atoms with E-state index in [2.05, 4.69) is 15.5 Å². The number of hydrogen-bond acceptors (Lipinski definition) is 4. The number of aryl methyl sites for hydroxylation is 1. The summed E-state index contributed by atoms with van der Waals surface area (Å²) in [7, 11) is 0. The molecule has 3 rings (SSSR count). The lowest BCUT2D eigenvalue weighted by atomic mass is 10.2. The Labute approximate surface area is 164 Å². The maximum absolute atomic E-state index is 12.1. The van der Waals surface area contributed by atoms with Crippen molar-refractivity contribution in [3.05, 3.63) is 64.0 Å². The van der Waals surface area contributed by atoms with Crippen molar-refractivity contribution < 1.29 is 14.7 Å². The standard InChI is InChI=1S/C17H15Cl2N5O3/c18-12-2-1-3-13(19)11(12)10-23-8-5-15(22-23)21-16(25)6-9-24-14(17(26)27)4-7-20-24/h1-5,7-8H,6,9-10H2,(H,26,27)(H,21,22,25). The number of carbonyl (C=O) groups is 2. The Morgan fingerprint density at radius 2 is 1.89 bits per heavy atom. The molecule has 0 unspecified atom stereocenters. The van der Waals surface area contributed by atoms with Gasteiger partial charge in [0.15, 0.2) is 5.82 Å². The minimum absolute atomic E-state index is 0.0312. The summed E-state index contributed by atoms with van der Waals surface area (Å²) < 4.78 is 2.87. The summed E-state index contributed by atoms with van der Waals surface area (Å²) in [5.74, 6) is -1.02. The van der Waals surface area contributed by atoms with Crippen molar-refractivity contribution in [3.63, 3.8) is 0 Å². The lowest BCUT2D eigenvalue weighted by Crippen LogP contribution is -2.17. The predicted octanol–water partition coefficient (Wildman–Crippen LogP) is 3.16. The van der Waals surface area contributed by atoms with Crippen LogP contribution >= 0.6 is 23.2 Å². The highest BCUT2D eigenvalue weighted by molar-refractivity contribution is 6.35. The number of halogens is 2. The molecule has 2 aromatic heterocycles. The second-order valence-corrected chi connectivity index (χ2v) is 6.46. The van der Waals surface area contributed by atoms with Gasteiger partial charge >= 0.3 is 5.97 Å². The normalized spacial score (nSPS) is 10.7. The lowest BCUT2D eigenvalue weighted by molar-refractivity contribution is -0.116. The Bertz CT molecular complexity index is 962. The Morgan fingerprint density at radius 3 is 2.59 bits per heavy atom. The molecule has 0 atom stereocenters. The molecule has 140 valence electrons. The molecule has 0 bridgehead atoms. The summed E-state index contributed by atoms with van der Waals surface area (Å²) in [5, 5.41) is 20.9. The van der Waals surface area contributed by atoms with Crippen molar-refractivity contribution in [2.24, 2.45) is 0 Å². The van der Waals surface area contributed by atoms with Gasteiger partial charge in [0.25, 0.3) is 0 Å². The molecular formula is C17H15Cl2N5O3. The fraction of sp³-hybridized carbons (Fsp3) is 0.176. The van der Waals surface area contributed by atoms with E-state index in [1.54, 1.807) is 35.1 Å².